The van der Waals surface area contributed by atoms with Crippen molar-refractivity contribution in [3.05, 3.63) is 25.6 Å². The third-order valence-corrected chi connectivity index (χ3v) is 3.59. The number of hydrogen-bond donors (Lipinski definition) is 2. The highest BCUT2D eigenvalue weighted by molar-refractivity contribution is 9.11. The van der Waals surface area contributed by atoms with Crippen LogP contribution in [-0.4, -0.2) is 17.1 Å². The van der Waals surface area contributed by atoms with Crippen molar-refractivity contribution in [3.63, 3.8) is 0 Å². The lowest BCUT2D eigenvalue weighted by molar-refractivity contribution is -0.137. The minimum absolute atomic E-state index is 0.0783. The molecule has 0 heterocycles. The summed E-state index contributed by atoms with van der Waals surface area (Å²) in [7, 11) is 0. The minimum Gasteiger partial charge on any atom is -0.481 e. The molecule has 1 aromatic carbocycles. The minimum atomic E-state index is -0.815. The van der Waals surface area contributed by atoms with Gasteiger partial charge in [0.15, 0.2) is 0 Å². The Balaban J connectivity index is 2.85. The molecule has 0 aliphatic heterocycles. The summed E-state index contributed by atoms with van der Waals surface area (Å²) in [6.07, 6.45) is 0.0783. The molecule has 16 heavy (non-hydrogen) atoms. The summed E-state index contributed by atoms with van der Waals surface area (Å²) in [5, 5.41) is 11.8. The second kappa shape index (κ2) is 6.02. The Hall–Kier alpha value is -0.0700. The molecule has 0 spiro atoms. The Morgan fingerprint density at radius 2 is 1.88 bits per heavy atom. The summed E-state index contributed by atoms with van der Waals surface area (Å²) < 4.78 is 2.71. The zero-order valence-electron chi connectivity index (χ0n) is 8.43. The Labute approximate surface area is 119 Å². The fraction of sp³-hybridized carbons (Fsp3) is 0.300. The molecule has 0 aromatic heterocycles. The molecule has 88 valence electrons. The average Bonchev–Trinajstić information content (AvgIpc) is 2.09. The first-order valence-electron chi connectivity index (χ1n) is 4.53. The van der Waals surface area contributed by atoms with Gasteiger partial charge in [0.2, 0.25) is 0 Å². The van der Waals surface area contributed by atoms with E-state index in [0.29, 0.717) is 0 Å². The van der Waals surface area contributed by atoms with Gasteiger partial charge >= 0.3 is 5.97 Å². The van der Waals surface area contributed by atoms with Gasteiger partial charge in [-0.15, -0.1) is 0 Å². The summed E-state index contributed by atoms with van der Waals surface area (Å²) in [5.41, 5.74) is 0.858. The van der Waals surface area contributed by atoms with Gasteiger partial charge in [-0.2, -0.15) is 0 Å². The SMILES string of the molecule is CC(CC(=O)O)Nc1c(Br)cc(Br)cc1Br. The molecule has 1 atom stereocenters. The van der Waals surface area contributed by atoms with Gasteiger partial charge in [-0.05, 0) is 50.9 Å². The molecule has 0 aliphatic rings. The third kappa shape index (κ3) is 4.07. The number of anilines is 1. The van der Waals surface area contributed by atoms with Crippen LogP contribution in [0.3, 0.4) is 0 Å². The second-order valence-corrected chi connectivity index (χ2v) is 6.01. The number of nitrogens with one attached hydrogen (secondary N) is 1. The van der Waals surface area contributed by atoms with Gasteiger partial charge in [-0.25, -0.2) is 0 Å². The van der Waals surface area contributed by atoms with E-state index in [-0.39, 0.29) is 12.5 Å². The predicted octanol–water partition coefficient (Wildman–Crippen LogP) is 4.25. The smallest absolute Gasteiger partial charge is 0.305 e. The standard InChI is InChI=1S/C10H10Br3NO2/c1-5(2-9(15)16)14-10-7(12)3-6(11)4-8(10)13/h3-5,14H,2H2,1H3,(H,15,16). The molecule has 1 aromatic rings. The summed E-state index contributed by atoms with van der Waals surface area (Å²) in [4.78, 5) is 10.6. The Morgan fingerprint density at radius 1 is 1.38 bits per heavy atom. The van der Waals surface area contributed by atoms with Crippen LogP contribution in [0, 0.1) is 0 Å². The van der Waals surface area contributed by atoms with Crippen LogP contribution in [0.2, 0.25) is 0 Å². The average molecular weight is 416 g/mol. The van der Waals surface area contributed by atoms with Crippen LogP contribution in [0.15, 0.2) is 25.6 Å². The number of carboxylic acids is 1. The van der Waals surface area contributed by atoms with Crippen molar-refractivity contribution in [1.82, 2.24) is 0 Å². The van der Waals surface area contributed by atoms with Crippen molar-refractivity contribution in [3.8, 4) is 0 Å². The van der Waals surface area contributed by atoms with Crippen LogP contribution in [0.25, 0.3) is 0 Å². The Bertz CT molecular complexity index is 386. The fourth-order valence-electron chi connectivity index (χ4n) is 1.24. The highest BCUT2D eigenvalue weighted by atomic mass is 79.9. The molecule has 0 saturated heterocycles. The predicted molar refractivity (Wildman–Crippen MR) is 74.9 cm³/mol. The van der Waals surface area contributed by atoms with Crippen molar-refractivity contribution in [2.45, 2.75) is 19.4 Å². The number of carboxylic acid groups (broad SMARTS) is 1. The molecule has 2 N–H and O–H groups in total. The third-order valence-electron chi connectivity index (χ3n) is 1.88. The molecule has 3 nitrogen and oxygen atoms in total. The van der Waals surface area contributed by atoms with E-state index in [1.165, 1.54) is 0 Å². The Morgan fingerprint density at radius 3 is 2.31 bits per heavy atom. The van der Waals surface area contributed by atoms with Crippen molar-refractivity contribution in [2.75, 3.05) is 5.32 Å². The van der Waals surface area contributed by atoms with Gasteiger partial charge in [0.25, 0.3) is 0 Å². The van der Waals surface area contributed by atoms with Crippen molar-refractivity contribution >= 4 is 59.4 Å². The maximum atomic E-state index is 10.6. The van der Waals surface area contributed by atoms with Crippen LogP contribution in [0.5, 0.6) is 0 Å². The van der Waals surface area contributed by atoms with Gasteiger partial charge in [0.05, 0.1) is 12.1 Å². The van der Waals surface area contributed by atoms with Crippen LogP contribution in [0.4, 0.5) is 5.69 Å². The molecular weight excluding hydrogens is 406 g/mol. The maximum Gasteiger partial charge on any atom is 0.305 e. The van der Waals surface area contributed by atoms with E-state index in [0.717, 1.165) is 19.1 Å². The first kappa shape index (κ1) is 14.0. The van der Waals surface area contributed by atoms with E-state index in [9.17, 15) is 4.79 Å². The number of aliphatic carboxylic acids is 1. The van der Waals surface area contributed by atoms with E-state index in [1.54, 1.807) is 0 Å². The van der Waals surface area contributed by atoms with Crippen LogP contribution >= 0.6 is 47.8 Å². The van der Waals surface area contributed by atoms with Gasteiger partial charge in [0, 0.05) is 19.5 Å². The van der Waals surface area contributed by atoms with Crippen molar-refractivity contribution in [2.24, 2.45) is 0 Å². The normalized spacial score (nSPS) is 12.2. The van der Waals surface area contributed by atoms with Crippen LogP contribution < -0.4 is 5.32 Å². The zero-order chi connectivity index (χ0) is 12.3. The number of rotatable bonds is 4. The summed E-state index contributed by atoms with van der Waals surface area (Å²) in [6, 6.07) is 3.67. The molecule has 0 radical (unpaired) electrons. The maximum absolute atomic E-state index is 10.6. The van der Waals surface area contributed by atoms with E-state index in [4.69, 9.17) is 5.11 Å². The molecule has 0 fully saturated rings. The topological polar surface area (TPSA) is 49.3 Å². The number of benzene rings is 1. The lowest BCUT2D eigenvalue weighted by Gasteiger charge is -2.16. The summed E-state index contributed by atoms with van der Waals surface area (Å²) in [5.74, 6) is -0.815. The highest BCUT2D eigenvalue weighted by Gasteiger charge is 2.12. The monoisotopic (exact) mass is 413 g/mol. The summed E-state index contributed by atoms with van der Waals surface area (Å²) >= 11 is 10.2. The molecule has 0 saturated carbocycles. The lowest BCUT2D eigenvalue weighted by atomic mass is 10.2. The first-order valence-corrected chi connectivity index (χ1v) is 6.91. The first-order chi connectivity index (χ1) is 7.40. The Kier molecular flexibility index (Phi) is 5.27. The van der Waals surface area contributed by atoms with E-state index >= 15 is 0 Å². The molecule has 1 unspecified atom stereocenters. The van der Waals surface area contributed by atoms with Gasteiger partial charge in [0.1, 0.15) is 0 Å². The van der Waals surface area contributed by atoms with Crippen LogP contribution in [0.1, 0.15) is 13.3 Å². The number of hydrogen-bond acceptors (Lipinski definition) is 2. The molecule has 0 amide bonds. The van der Waals surface area contributed by atoms with Crippen LogP contribution in [-0.2, 0) is 4.79 Å². The largest absolute Gasteiger partial charge is 0.481 e. The van der Waals surface area contributed by atoms with E-state index in [2.05, 4.69) is 53.1 Å². The van der Waals surface area contributed by atoms with E-state index < -0.39 is 5.97 Å². The number of carbonyl (C=O) groups is 1. The molecule has 6 heteroatoms. The second-order valence-electron chi connectivity index (χ2n) is 3.39. The molecule has 1 rings (SSSR count). The molecule has 0 bridgehead atoms. The number of halogens is 3. The lowest BCUT2D eigenvalue weighted by Crippen LogP contribution is -2.19. The van der Waals surface area contributed by atoms with E-state index in [1.807, 2.05) is 19.1 Å². The highest BCUT2D eigenvalue weighted by Crippen LogP contribution is 2.34. The summed E-state index contributed by atoms with van der Waals surface area (Å²) in [6.45, 7) is 1.83. The zero-order valence-corrected chi connectivity index (χ0v) is 13.2. The van der Waals surface area contributed by atoms with Gasteiger partial charge in [-0.1, -0.05) is 15.9 Å². The van der Waals surface area contributed by atoms with Crippen molar-refractivity contribution < 1.29 is 9.90 Å². The quantitative estimate of drug-likeness (QED) is 0.773. The fourth-order valence-corrected chi connectivity index (χ4v) is 3.73. The molecular formula is C10H10Br3NO2. The van der Waals surface area contributed by atoms with Gasteiger partial charge in [-0.3, -0.25) is 4.79 Å². The van der Waals surface area contributed by atoms with Crippen molar-refractivity contribution in [1.29, 1.82) is 0 Å². The molecule has 0 aliphatic carbocycles. The van der Waals surface area contributed by atoms with Gasteiger partial charge < -0.3 is 10.4 Å².